The van der Waals surface area contributed by atoms with E-state index in [1.807, 2.05) is 49.4 Å². The predicted octanol–water partition coefficient (Wildman–Crippen LogP) is 7.47. The number of ketones is 1. The summed E-state index contributed by atoms with van der Waals surface area (Å²) in [5.74, 6) is -0.779. The molecule has 0 fully saturated rings. The summed E-state index contributed by atoms with van der Waals surface area (Å²) in [5, 5.41) is 4.21. The molecule has 5 rings (SSSR count). The van der Waals surface area contributed by atoms with Gasteiger partial charge in [0, 0.05) is 32.4 Å². The van der Waals surface area contributed by atoms with Gasteiger partial charge in [-0.1, -0.05) is 69.5 Å². The normalized spacial score (nSPS) is 16.4. The van der Waals surface area contributed by atoms with Gasteiger partial charge < -0.3 is 14.8 Å². The second-order valence-corrected chi connectivity index (χ2v) is 10.4. The van der Waals surface area contributed by atoms with Gasteiger partial charge in [0.1, 0.15) is 12.4 Å². The third kappa shape index (κ3) is 4.70. The van der Waals surface area contributed by atoms with E-state index in [-0.39, 0.29) is 19.0 Å². The number of hydrogen-bond donors (Lipinski definition) is 1. The van der Waals surface area contributed by atoms with Crippen LogP contribution in [-0.4, -0.2) is 18.4 Å². The van der Waals surface area contributed by atoms with E-state index in [1.54, 1.807) is 25.1 Å². The highest BCUT2D eigenvalue weighted by molar-refractivity contribution is 9.10. The van der Waals surface area contributed by atoms with Crippen molar-refractivity contribution in [2.24, 2.45) is 0 Å². The third-order valence-corrected chi connectivity index (χ3v) is 7.64. The second kappa shape index (κ2) is 10.4. The number of halogens is 3. The molecule has 0 saturated carbocycles. The van der Waals surface area contributed by atoms with Gasteiger partial charge in [-0.2, -0.15) is 0 Å². The van der Waals surface area contributed by atoms with E-state index in [0.717, 1.165) is 15.6 Å². The quantitative estimate of drug-likeness (QED) is 0.298. The van der Waals surface area contributed by atoms with Crippen molar-refractivity contribution < 1.29 is 19.1 Å². The molecule has 0 unspecified atom stereocenters. The van der Waals surface area contributed by atoms with Gasteiger partial charge in [0.25, 0.3) is 0 Å². The number of carbonyl (C=O) groups is 2. The van der Waals surface area contributed by atoms with Gasteiger partial charge in [-0.05, 0) is 49.7 Å². The van der Waals surface area contributed by atoms with E-state index >= 15 is 0 Å². The van der Waals surface area contributed by atoms with Crippen LogP contribution >= 0.6 is 39.1 Å². The van der Waals surface area contributed by atoms with Crippen LogP contribution in [0.1, 0.15) is 46.8 Å². The van der Waals surface area contributed by atoms with Crippen molar-refractivity contribution in [1.29, 1.82) is 0 Å². The minimum absolute atomic E-state index is 0.132. The fraction of sp³-hybridized carbons (Fsp3) is 0.172. The second-order valence-electron chi connectivity index (χ2n) is 8.70. The van der Waals surface area contributed by atoms with Crippen LogP contribution in [0.5, 0.6) is 5.75 Å². The first-order valence-corrected chi connectivity index (χ1v) is 13.2. The molecule has 0 saturated heterocycles. The lowest BCUT2D eigenvalue weighted by molar-refractivity contribution is -0.138. The number of nitrogens with one attached hydrogen (secondary N) is 1. The van der Waals surface area contributed by atoms with E-state index in [1.165, 1.54) is 0 Å². The average molecular weight is 599 g/mol. The minimum Gasteiger partial charge on any atom is -0.489 e. The zero-order chi connectivity index (χ0) is 26.3. The Morgan fingerprint density at radius 3 is 2.51 bits per heavy atom. The zero-order valence-electron chi connectivity index (χ0n) is 20.0. The summed E-state index contributed by atoms with van der Waals surface area (Å²) in [6, 6.07) is 18.3. The Kier molecular flexibility index (Phi) is 7.17. The van der Waals surface area contributed by atoms with Crippen LogP contribution < -0.4 is 10.1 Å². The number of carbonyl (C=O) groups excluding carboxylic acids is 2. The number of Topliss-reactive ketones (excluding diaryl/α,β-unsaturated/α-hetero) is 1. The Morgan fingerprint density at radius 1 is 1.03 bits per heavy atom. The molecule has 5 nitrogen and oxygen atoms in total. The maximum Gasteiger partial charge on any atom is 0.336 e. The molecule has 0 amide bonds. The summed E-state index contributed by atoms with van der Waals surface area (Å²) in [5.41, 5.74) is 5.10. The van der Waals surface area contributed by atoms with Crippen molar-refractivity contribution in [2.45, 2.75) is 26.4 Å². The van der Waals surface area contributed by atoms with E-state index in [0.29, 0.717) is 49.5 Å². The number of benzene rings is 3. The summed E-state index contributed by atoms with van der Waals surface area (Å²) in [6.45, 7) is 4.00. The van der Waals surface area contributed by atoms with Gasteiger partial charge in [0.2, 0.25) is 0 Å². The SMILES string of the molecule is CCOC(=O)C1=C(C)NC2=C(C(=O)c3ccccc32)[C@H]1c1cc(Br)ccc1OCc1ccc(Cl)c(Cl)c1. The largest absolute Gasteiger partial charge is 0.489 e. The number of esters is 1. The summed E-state index contributed by atoms with van der Waals surface area (Å²) in [4.78, 5) is 27.0. The van der Waals surface area contributed by atoms with E-state index < -0.39 is 11.9 Å². The van der Waals surface area contributed by atoms with Crippen LogP contribution in [0.25, 0.3) is 5.70 Å². The Morgan fingerprint density at radius 2 is 1.78 bits per heavy atom. The van der Waals surface area contributed by atoms with Gasteiger partial charge in [-0.3, -0.25) is 4.79 Å². The first kappa shape index (κ1) is 25.6. The van der Waals surface area contributed by atoms with Crippen molar-refractivity contribution in [1.82, 2.24) is 5.32 Å². The highest BCUT2D eigenvalue weighted by Crippen LogP contribution is 2.49. The van der Waals surface area contributed by atoms with Gasteiger partial charge in [0.15, 0.2) is 5.78 Å². The van der Waals surface area contributed by atoms with Gasteiger partial charge in [0.05, 0.1) is 33.8 Å². The molecule has 0 spiro atoms. The van der Waals surface area contributed by atoms with Crippen molar-refractivity contribution in [3.05, 3.63) is 114 Å². The monoisotopic (exact) mass is 597 g/mol. The Balaban J connectivity index is 1.64. The topological polar surface area (TPSA) is 64.6 Å². The zero-order valence-corrected chi connectivity index (χ0v) is 23.1. The molecular weight excluding hydrogens is 577 g/mol. The number of allylic oxidation sites excluding steroid dienone is 2. The maximum atomic E-state index is 13.7. The number of dihydropyridines is 1. The highest BCUT2D eigenvalue weighted by Gasteiger charge is 2.44. The number of ether oxygens (including phenoxy) is 2. The molecule has 0 aromatic heterocycles. The number of hydrogen-bond acceptors (Lipinski definition) is 5. The van der Waals surface area contributed by atoms with Gasteiger partial charge >= 0.3 is 5.97 Å². The van der Waals surface area contributed by atoms with Crippen LogP contribution in [0.4, 0.5) is 0 Å². The fourth-order valence-electron chi connectivity index (χ4n) is 4.79. The van der Waals surface area contributed by atoms with Crippen molar-refractivity contribution in [3.63, 3.8) is 0 Å². The maximum absolute atomic E-state index is 13.7. The van der Waals surface area contributed by atoms with Crippen molar-refractivity contribution >= 4 is 56.6 Å². The molecule has 1 heterocycles. The van der Waals surface area contributed by atoms with Gasteiger partial charge in [-0.15, -0.1) is 0 Å². The lowest BCUT2D eigenvalue weighted by atomic mass is 9.79. The summed E-state index contributed by atoms with van der Waals surface area (Å²) in [7, 11) is 0. The molecule has 0 bridgehead atoms. The predicted molar refractivity (Wildman–Crippen MR) is 148 cm³/mol. The highest BCUT2D eigenvalue weighted by atomic mass is 79.9. The average Bonchev–Trinajstić information content (AvgIpc) is 3.16. The number of rotatable bonds is 6. The molecule has 2 aliphatic rings. The van der Waals surface area contributed by atoms with Crippen LogP contribution in [-0.2, 0) is 16.1 Å². The van der Waals surface area contributed by atoms with Crippen molar-refractivity contribution in [2.75, 3.05) is 6.61 Å². The van der Waals surface area contributed by atoms with Crippen LogP contribution in [0, 0.1) is 0 Å². The Bertz CT molecular complexity index is 1510. The third-order valence-electron chi connectivity index (χ3n) is 6.41. The minimum atomic E-state index is -0.698. The molecule has 1 aliphatic carbocycles. The Labute approximate surface area is 233 Å². The van der Waals surface area contributed by atoms with Crippen LogP contribution in [0.3, 0.4) is 0 Å². The Hall–Kier alpha value is -3.06. The lowest BCUT2D eigenvalue weighted by Gasteiger charge is -2.30. The molecule has 0 radical (unpaired) electrons. The van der Waals surface area contributed by atoms with Crippen molar-refractivity contribution in [3.8, 4) is 5.75 Å². The standard InChI is InChI=1S/C29H22BrCl2NO4/c1-3-36-29(35)24-15(2)33-27-18-6-4-5-7-19(18)28(34)26(27)25(24)20-13-17(30)9-11-23(20)37-14-16-8-10-21(31)22(32)12-16/h4-13,25,33H,3,14H2,1-2H3/t25-/m0/s1. The molecular formula is C29H22BrCl2NO4. The first-order chi connectivity index (χ1) is 17.8. The summed E-state index contributed by atoms with van der Waals surface area (Å²) < 4.78 is 12.5. The van der Waals surface area contributed by atoms with Crippen LogP contribution in [0.2, 0.25) is 10.0 Å². The lowest BCUT2D eigenvalue weighted by Crippen LogP contribution is -2.29. The molecule has 3 aromatic carbocycles. The summed E-state index contributed by atoms with van der Waals surface area (Å²) in [6.07, 6.45) is 0. The molecule has 1 N–H and O–H groups in total. The van der Waals surface area contributed by atoms with E-state index in [9.17, 15) is 9.59 Å². The molecule has 3 aromatic rings. The van der Waals surface area contributed by atoms with E-state index in [2.05, 4.69) is 21.2 Å². The fourth-order valence-corrected chi connectivity index (χ4v) is 5.49. The molecule has 37 heavy (non-hydrogen) atoms. The molecule has 8 heteroatoms. The smallest absolute Gasteiger partial charge is 0.336 e. The van der Waals surface area contributed by atoms with Crippen LogP contribution in [0.15, 0.2) is 82.0 Å². The number of fused-ring (bicyclic) bond motifs is 2. The molecule has 1 atom stereocenters. The van der Waals surface area contributed by atoms with E-state index in [4.69, 9.17) is 32.7 Å². The first-order valence-electron chi connectivity index (χ1n) is 11.7. The summed E-state index contributed by atoms with van der Waals surface area (Å²) >= 11 is 15.8. The molecule has 188 valence electrons. The van der Waals surface area contributed by atoms with Gasteiger partial charge in [-0.25, -0.2) is 4.79 Å². The molecule has 1 aliphatic heterocycles.